The summed E-state index contributed by atoms with van der Waals surface area (Å²) in [6, 6.07) is 7.29. The van der Waals surface area contributed by atoms with Crippen molar-refractivity contribution in [1.82, 2.24) is 9.88 Å². The van der Waals surface area contributed by atoms with Crippen LogP contribution in [0.25, 0.3) is 0 Å². The van der Waals surface area contributed by atoms with Crippen molar-refractivity contribution in [3.8, 4) is 0 Å². The van der Waals surface area contributed by atoms with Crippen LogP contribution in [0.2, 0.25) is 0 Å². The van der Waals surface area contributed by atoms with Crippen molar-refractivity contribution in [2.75, 3.05) is 56.1 Å². The van der Waals surface area contributed by atoms with Crippen LogP contribution in [-0.4, -0.2) is 72.9 Å². The minimum Gasteiger partial charge on any atom is -0.460 e. The molecule has 4 heterocycles. The van der Waals surface area contributed by atoms with Crippen LogP contribution in [0.1, 0.15) is 54.8 Å². The number of anilines is 2. The van der Waals surface area contributed by atoms with Crippen LogP contribution in [0, 0.1) is 18.8 Å². The largest absolute Gasteiger partial charge is 0.460 e. The normalized spacial score (nSPS) is 25.9. The number of carbonyl (C=O) groups excluding carboxylic acids is 1. The van der Waals surface area contributed by atoms with Crippen LogP contribution in [0.4, 0.5) is 11.7 Å². The molecule has 0 saturated carbocycles. The number of hydrogen-bond donors (Lipinski definition) is 2. The van der Waals surface area contributed by atoms with Crippen LogP contribution >= 0.6 is 0 Å². The third-order valence-corrected chi connectivity index (χ3v) is 8.42. The molecule has 1 aromatic heterocycles. The molecule has 0 bridgehead atoms. The average molecular weight is 483 g/mol. The van der Waals surface area contributed by atoms with Crippen molar-refractivity contribution in [3.63, 3.8) is 0 Å². The number of nitrogens with one attached hydrogen (secondary N) is 1. The Hall–Kier alpha value is -2.58. The molecule has 2 N–H and O–H groups in total. The number of esters is 1. The highest BCUT2D eigenvalue weighted by Crippen LogP contribution is 2.47. The van der Waals surface area contributed by atoms with E-state index in [0.29, 0.717) is 18.5 Å². The number of aromatic nitrogens is 1. The summed E-state index contributed by atoms with van der Waals surface area (Å²) in [6.45, 7) is 11.9. The van der Waals surface area contributed by atoms with E-state index in [9.17, 15) is 9.90 Å². The van der Waals surface area contributed by atoms with Gasteiger partial charge in [-0.1, -0.05) is 19.1 Å². The van der Waals surface area contributed by atoms with Crippen LogP contribution in [0.5, 0.6) is 0 Å². The van der Waals surface area contributed by atoms with Gasteiger partial charge in [-0.25, -0.2) is 9.78 Å². The van der Waals surface area contributed by atoms with Crippen molar-refractivity contribution in [3.05, 3.63) is 41.3 Å². The molecule has 3 aliphatic heterocycles. The zero-order chi connectivity index (χ0) is 24.6. The van der Waals surface area contributed by atoms with Crippen molar-refractivity contribution in [2.45, 2.75) is 51.6 Å². The number of aliphatic hydroxyl groups is 1. The standard InChI is InChI=1S/C27H38N4O4/c1-4-34-25(33)24-14-28-26(35-24)31-10-7-20(8-11-31)23(32)16-30-12-9-27(19(3)15-30)17-29-22-13-18(2)5-6-21(22)27/h5-6,13-14,19-20,23,29,32H,4,7-12,15-17H2,1-3H3/t19-,23?,27?/m1/s1. The van der Waals surface area contributed by atoms with Gasteiger partial charge in [-0.05, 0) is 68.7 Å². The minimum absolute atomic E-state index is 0.135. The molecule has 2 fully saturated rings. The number of nitrogens with zero attached hydrogens (tertiary/aromatic N) is 3. The lowest BCUT2D eigenvalue weighted by Gasteiger charge is -2.46. The summed E-state index contributed by atoms with van der Waals surface area (Å²) in [5.41, 5.74) is 4.28. The van der Waals surface area contributed by atoms with E-state index in [-0.39, 0.29) is 23.2 Å². The number of oxazole rings is 1. The van der Waals surface area contributed by atoms with Crippen molar-refractivity contribution < 1.29 is 19.1 Å². The van der Waals surface area contributed by atoms with Crippen LogP contribution in [0.15, 0.2) is 28.8 Å². The molecule has 8 heteroatoms. The van der Waals surface area contributed by atoms with Gasteiger partial charge in [0.15, 0.2) is 0 Å². The number of benzene rings is 1. The topological polar surface area (TPSA) is 91.1 Å². The van der Waals surface area contributed by atoms with E-state index in [1.54, 1.807) is 6.92 Å². The second kappa shape index (κ2) is 9.82. The Morgan fingerprint density at radius 1 is 1.34 bits per heavy atom. The first-order valence-electron chi connectivity index (χ1n) is 13.0. The number of β-amino-alcohol motifs (C(OH)–C–C–N with tert-alkyl or cyclic N) is 1. The average Bonchev–Trinajstić information content (AvgIpc) is 3.48. The molecule has 5 rings (SSSR count). The number of fused-ring (bicyclic) bond motifs is 2. The molecule has 1 aromatic carbocycles. The van der Waals surface area contributed by atoms with E-state index < -0.39 is 5.97 Å². The third-order valence-electron chi connectivity index (χ3n) is 8.42. The predicted molar refractivity (Wildman–Crippen MR) is 135 cm³/mol. The molecule has 2 saturated heterocycles. The van der Waals surface area contributed by atoms with Crippen molar-refractivity contribution >= 4 is 17.7 Å². The van der Waals surface area contributed by atoms with E-state index in [0.717, 1.165) is 58.5 Å². The summed E-state index contributed by atoms with van der Waals surface area (Å²) >= 11 is 0. The Labute approximate surface area is 207 Å². The summed E-state index contributed by atoms with van der Waals surface area (Å²) in [4.78, 5) is 20.6. The Bertz CT molecular complexity index is 1050. The van der Waals surface area contributed by atoms with Gasteiger partial charge in [0.2, 0.25) is 5.76 Å². The maximum Gasteiger partial charge on any atom is 0.376 e. The van der Waals surface area contributed by atoms with Crippen molar-refractivity contribution in [1.29, 1.82) is 0 Å². The number of hydrogen-bond acceptors (Lipinski definition) is 8. The van der Waals surface area contributed by atoms with Gasteiger partial charge in [0.25, 0.3) is 6.01 Å². The zero-order valence-electron chi connectivity index (χ0n) is 21.1. The van der Waals surface area contributed by atoms with Gasteiger partial charge in [-0.15, -0.1) is 0 Å². The molecule has 0 aliphatic carbocycles. The molecular formula is C27H38N4O4. The van der Waals surface area contributed by atoms with Gasteiger partial charge in [0, 0.05) is 43.8 Å². The Morgan fingerprint density at radius 3 is 2.89 bits per heavy atom. The minimum atomic E-state index is -0.485. The number of ether oxygens (including phenoxy) is 1. The van der Waals surface area contributed by atoms with Gasteiger partial charge >= 0.3 is 5.97 Å². The van der Waals surface area contributed by atoms with Gasteiger partial charge in [-0.3, -0.25) is 0 Å². The first-order chi connectivity index (χ1) is 16.9. The van der Waals surface area contributed by atoms with Gasteiger partial charge < -0.3 is 29.4 Å². The van der Waals surface area contributed by atoms with E-state index >= 15 is 0 Å². The highest BCUT2D eigenvalue weighted by atomic mass is 16.5. The Kier molecular flexibility index (Phi) is 6.77. The first-order valence-corrected chi connectivity index (χ1v) is 13.0. The molecule has 3 atom stereocenters. The lowest BCUT2D eigenvalue weighted by atomic mass is 9.67. The SMILES string of the molecule is CCOC(=O)c1cnc(N2CCC(C(O)CN3CCC4(CNc5cc(C)ccc54)[C@H](C)C3)CC2)o1. The third kappa shape index (κ3) is 4.66. The smallest absolute Gasteiger partial charge is 0.376 e. The summed E-state index contributed by atoms with van der Waals surface area (Å²) in [5.74, 6) is 0.437. The molecule has 2 aromatic rings. The molecule has 3 aliphatic rings. The Morgan fingerprint density at radius 2 is 2.14 bits per heavy atom. The fourth-order valence-electron chi connectivity index (χ4n) is 6.27. The summed E-state index contributed by atoms with van der Waals surface area (Å²) in [5, 5.41) is 14.7. The molecule has 8 nitrogen and oxygen atoms in total. The molecule has 0 amide bonds. The van der Waals surface area contributed by atoms with Gasteiger partial charge in [-0.2, -0.15) is 0 Å². The maximum atomic E-state index is 11.8. The molecule has 0 radical (unpaired) electrons. The number of aryl methyl sites for hydroxylation is 1. The summed E-state index contributed by atoms with van der Waals surface area (Å²) in [6.07, 6.45) is 3.97. The fraction of sp³-hybridized carbons (Fsp3) is 0.630. The summed E-state index contributed by atoms with van der Waals surface area (Å²) in [7, 11) is 0. The number of piperidine rings is 2. The molecular weight excluding hydrogens is 444 g/mol. The van der Waals surface area contributed by atoms with E-state index in [1.165, 1.54) is 23.0 Å². The molecule has 1 spiro atoms. The van der Waals surface area contributed by atoms with Crippen LogP contribution < -0.4 is 10.2 Å². The number of likely N-dealkylation sites (tertiary alicyclic amines) is 1. The van der Waals surface area contributed by atoms with E-state index in [4.69, 9.17) is 9.15 Å². The van der Waals surface area contributed by atoms with Gasteiger partial charge in [0.05, 0.1) is 18.9 Å². The maximum absolute atomic E-state index is 11.8. The van der Waals surface area contributed by atoms with Gasteiger partial charge in [0.1, 0.15) is 0 Å². The quantitative estimate of drug-likeness (QED) is 0.605. The highest BCUT2D eigenvalue weighted by Gasteiger charge is 2.46. The fourth-order valence-corrected chi connectivity index (χ4v) is 6.27. The Balaban J connectivity index is 1.13. The number of carbonyl (C=O) groups is 1. The van der Waals surface area contributed by atoms with Crippen LogP contribution in [0.3, 0.4) is 0 Å². The lowest BCUT2D eigenvalue weighted by Crippen LogP contribution is -2.52. The second-order valence-electron chi connectivity index (χ2n) is 10.6. The highest BCUT2D eigenvalue weighted by molar-refractivity contribution is 5.86. The monoisotopic (exact) mass is 482 g/mol. The van der Waals surface area contributed by atoms with Crippen molar-refractivity contribution in [2.24, 2.45) is 11.8 Å². The molecule has 190 valence electrons. The number of rotatable bonds is 6. The molecule has 35 heavy (non-hydrogen) atoms. The zero-order valence-corrected chi connectivity index (χ0v) is 21.1. The molecule has 2 unspecified atom stereocenters. The second-order valence-corrected chi connectivity index (χ2v) is 10.6. The van der Waals surface area contributed by atoms with Crippen LogP contribution in [-0.2, 0) is 10.2 Å². The first kappa shape index (κ1) is 24.1. The predicted octanol–water partition coefficient (Wildman–Crippen LogP) is 3.44. The number of aliphatic hydroxyl groups excluding tert-OH is 1. The summed E-state index contributed by atoms with van der Waals surface area (Å²) < 4.78 is 10.6. The van der Waals surface area contributed by atoms with E-state index in [1.807, 2.05) is 4.90 Å². The lowest BCUT2D eigenvalue weighted by molar-refractivity contribution is 0.0242. The van der Waals surface area contributed by atoms with E-state index in [2.05, 4.69) is 47.2 Å².